The molecule has 0 aliphatic heterocycles. The molecule has 0 saturated heterocycles. The van der Waals surface area contributed by atoms with Crippen molar-refractivity contribution in [2.75, 3.05) is 24.6 Å². The standard InChI is InChI=1S/C13H16N2O/c1-3-6-15(7-8-16)13-5-4-11(2)9-12(13)10-14/h3-5,9,16H,1,6-8H2,2H3. The third kappa shape index (κ3) is 2.85. The van der Waals surface area contributed by atoms with Crippen LogP contribution < -0.4 is 4.90 Å². The minimum atomic E-state index is 0.0621. The Morgan fingerprint density at radius 2 is 2.31 bits per heavy atom. The van der Waals surface area contributed by atoms with E-state index < -0.39 is 0 Å². The molecule has 1 aromatic carbocycles. The van der Waals surface area contributed by atoms with E-state index in [1.54, 1.807) is 6.08 Å². The van der Waals surface area contributed by atoms with E-state index in [0.29, 0.717) is 18.7 Å². The maximum Gasteiger partial charge on any atom is 0.101 e. The predicted octanol–water partition coefficient (Wildman–Crippen LogP) is 1.85. The maximum atomic E-state index is 9.06. The molecule has 3 heteroatoms. The molecule has 1 rings (SSSR count). The number of nitrogens with zero attached hydrogens (tertiary/aromatic N) is 2. The molecule has 0 spiro atoms. The van der Waals surface area contributed by atoms with E-state index in [4.69, 9.17) is 10.4 Å². The van der Waals surface area contributed by atoms with Crippen LogP contribution in [0.15, 0.2) is 30.9 Å². The first-order valence-corrected chi connectivity index (χ1v) is 5.20. The average molecular weight is 216 g/mol. The quantitative estimate of drug-likeness (QED) is 0.764. The van der Waals surface area contributed by atoms with E-state index in [2.05, 4.69) is 12.6 Å². The van der Waals surface area contributed by atoms with Crippen LogP contribution in [0.3, 0.4) is 0 Å². The summed E-state index contributed by atoms with van der Waals surface area (Å²) in [6.45, 7) is 6.82. The van der Waals surface area contributed by atoms with Crippen LogP contribution in [0.4, 0.5) is 5.69 Å². The molecule has 0 unspecified atom stereocenters. The fraction of sp³-hybridized carbons (Fsp3) is 0.308. The number of aliphatic hydroxyl groups is 1. The van der Waals surface area contributed by atoms with Gasteiger partial charge in [0.2, 0.25) is 0 Å². The highest BCUT2D eigenvalue weighted by Crippen LogP contribution is 2.20. The molecule has 0 aromatic heterocycles. The molecule has 16 heavy (non-hydrogen) atoms. The van der Waals surface area contributed by atoms with E-state index in [1.807, 2.05) is 30.0 Å². The van der Waals surface area contributed by atoms with Gasteiger partial charge in [-0.15, -0.1) is 6.58 Å². The van der Waals surface area contributed by atoms with Crippen LogP contribution in [0, 0.1) is 18.3 Å². The predicted molar refractivity (Wildman–Crippen MR) is 65.4 cm³/mol. The van der Waals surface area contributed by atoms with E-state index in [1.165, 1.54) is 0 Å². The molecular weight excluding hydrogens is 200 g/mol. The lowest BCUT2D eigenvalue weighted by Gasteiger charge is -2.23. The highest BCUT2D eigenvalue weighted by atomic mass is 16.3. The molecule has 0 radical (unpaired) electrons. The van der Waals surface area contributed by atoms with Crippen LogP contribution in [0.2, 0.25) is 0 Å². The third-order valence-electron chi connectivity index (χ3n) is 2.33. The third-order valence-corrected chi connectivity index (χ3v) is 2.33. The van der Waals surface area contributed by atoms with Crippen molar-refractivity contribution in [3.63, 3.8) is 0 Å². The first-order valence-electron chi connectivity index (χ1n) is 5.20. The highest BCUT2D eigenvalue weighted by molar-refractivity contribution is 5.60. The SMILES string of the molecule is C=CCN(CCO)c1ccc(C)cc1C#N. The van der Waals surface area contributed by atoms with Gasteiger partial charge in [-0.05, 0) is 24.6 Å². The molecule has 0 aliphatic rings. The van der Waals surface area contributed by atoms with Crippen LogP contribution in [-0.4, -0.2) is 24.8 Å². The fourth-order valence-corrected chi connectivity index (χ4v) is 1.60. The summed E-state index contributed by atoms with van der Waals surface area (Å²) in [5.74, 6) is 0. The number of aryl methyl sites for hydroxylation is 1. The molecule has 0 amide bonds. The Bertz CT molecular complexity index is 407. The molecule has 84 valence electrons. The summed E-state index contributed by atoms with van der Waals surface area (Å²) < 4.78 is 0. The Balaban J connectivity index is 3.08. The molecule has 0 bridgehead atoms. The minimum absolute atomic E-state index is 0.0621. The lowest BCUT2D eigenvalue weighted by atomic mass is 10.1. The van der Waals surface area contributed by atoms with Crippen molar-refractivity contribution < 1.29 is 5.11 Å². The summed E-state index contributed by atoms with van der Waals surface area (Å²) in [7, 11) is 0. The first-order chi connectivity index (χ1) is 7.72. The van der Waals surface area contributed by atoms with Gasteiger partial charge in [0.25, 0.3) is 0 Å². The van der Waals surface area contributed by atoms with Crippen LogP contribution in [0.1, 0.15) is 11.1 Å². The van der Waals surface area contributed by atoms with Gasteiger partial charge in [0, 0.05) is 13.1 Å². The molecule has 0 atom stereocenters. The number of benzene rings is 1. The van der Waals surface area contributed by atoms with Gasteiger partial charge in [-0.3, -0.25) is 0 Å². The van der Waals surface area contributed by atoms with Gasteiger partial charge in [0.05, 0.1) is 17.9 Å². The second-order valence-corrected chi connectivity index (χ2v) is 3.59. The average Bonchev–Trinajstić information content (AvgIpc) is 2.28. The first kappa shape index (κ1) is 12.3. The normalized spacial score (nSPS) is 9.56. The van der Waals surface area contributed by atoms with Gasteiger partial charge in [-0.25, -0.2) is 0 Å². The fourth-order valence-electron chi connectivity index (χ4n) is 1.60. The van der Waals surface area contributed by atoms with Gasteiger partial charge in [0.15, 0.2) is 0 Å². The Morgan fingerprint density at radius 3 is 2.88 bits per heavy atom. The van der Waals surface area contributed by atoms with E-state index >= 15 is 0 Å². The number of nitriles is 1. The summed E-state index contributed by atoms with van der Waals surface area (Å²) >= 11 is 0. The Kier molecular flexibility index (Phi) is 4.56. The zero-order chi connectivity index (χ0) is 12.0. The van der Waals surface area contributed by atoms with Gasteiger partial charge < -0.3 is 10.0 Å². The van der Waals surface area contributed by atoms with E-state index in [0.717, 1.165) is 11.3 Å². The molecule has 1 aromatic rings. The number of hydrogen-bond acceptors (Lipinski definition) is 3. The van der Waals surface area contributed by atoms with Gasteiger partial charge in [0.1, 0.15) is 6.07 Å². The molecule has 1 N–H and O–H groups in total. The Hall–Kier alpha value is -1.79. The van der Waals surface area contributed by atoms with Gasteiger partial charge in [-0.1, -0.05) is 12.1 Å². The number of aliphatic hydroxyl groups excluding tert-OH is 1. The number of anilines is 1. The maximum absolute atomic E-state index is 9.06. The van der Waals surface area contributed by atoms with Crippen molar-refractivity contribution in [2.45, 2.75) is 6.92 Å². The topological polar surface area (TPSA) is 47.3 Å². The summed E-state index contributed by atoms with van der Waals surface area (Å²) in [5.41, 5.74) is 2.54. The van der Waals surface area contributed by atoms with Crippen molar-refractivity contribution in [1.82, 2.24) is 0 Å². The summed E-state index contributed by atoms with van der Waals surface area (Å²) in [5, 5.41) is 18.0. The summed E-state index contributed by atoms with van der Waals surface area (Å²) in [4.78, 5) is 1.94. The van der Waals surface area contributed by atoms with Crippen LogP contribution in [-0.2, 0) is 0 Å². The van der Waals surface area contributed by atoms with Crippen molar-refractivity contribution in [2.24, 2.45) is 0 Å². The van der Waals surface area contributed by atoms with Crippen molar-refractivity contribution in [3.05, 3.63) is 42.0 Å². The zero-order valence-corrected chi connectivity index (χ0v) is 9.48. The van der Waals surface area contributed by atoms with E-state index in [9.17, 15) is 0 Å². The molecule has 0 fully saturated rings. The second kappa shape index (κ2) is 5.94. The van der Waals surface area contributed by atoms with Gasteiger partial charge in [-0.2, -0.15) is 5.26 Å². The molecule has 0 heterocycles. The lowest BCUT2D eigenvalue weighted by Crippen LogP contribution is -2.27. The van der Waals surface area contributed by atoms with Crippen molar-refractivity contribution >= 4 is 5.69 Å². The molecular formula is C13H16N2O. The Morgan fingerprint density at radius 1 is 1.56 bits per heavy atom. The van der Waals surface area contributed by atoms with Gasteiger partial charge >= 0.3 is 0 Å². The molecule has 3 nitrogen and oxygen atoms in total. The van der Waals surface area contributed by atoms with E-state index in [-0.39, 0.29) is 6.61 Å². The highest BCUT2D eigenvalue weighted by Gasteiger charge is 2.09. The molecule has 0 aliphatic carbocycles. The molecule has 0 saturated carbocycles. The smallest absolute Gasteiger partial charge is 0.101 e. The van der Waals surface area contributed by atoms with Crippen LogP contribution in [0.25, 0.3) is 0 Å². The monoisotopic (exact) mass is 216 g/mol. The largest absolute Gasteiger partial charge is 0.395 e. The zero-order valence-electron chi connectivity index (χ0n) is 9.48. The summed E-state index contributed by atoms with van der Waals surface area (Å²) in [6.07, 6.45) is 1.76. The lowest BCUT2D eigenvalue weighted by molar-refractivity contribution is 0.303. The van der Waals surface area contributed by atoms with Crippen molar-refractivity contribution in [3.8, 4) is 6.07 Å². The van der Waals surface area contributed by atoms with Crippen LogP contribution in [0.5, 0.6) is 0 Å². The van der Waals surface area contributed by atoms with Crippen molar-refractivity contribution in [1.29, 1.82) is 5.26 Å². The second-order valence-electron chi connectivity index (χ2n) is 3.59. The number of rotatable bonds is 5. The number of hydrogen-bond donors (Lipinski definition) is 1. The van der Waals surface area contributed by atoms with Crippen LogP contribution >= 0.6 is 0 Å². The minimum Gasteiger partial charge on any atom is -0.395 e. The Labute approximate surface area is 96.2 Å². The summed E-state index contributed by atoms with van der Waals surface area (Å²) in [6, 6.07) is 7.90.